The summed E-state index contributed by atoms with van der Waals surface area (Å²) >= 11 is 0. The monoisotopic (exact) mass is 228 g/mol. The van der Waals surface area contributed by atoms with Crippen molar-refractivity contribution < 1.29 is 24.5 Å². The lowest BCUT2D eigenvalue weighted by molar-refractivity contribution is -0.133. The number of carboxylic acids is 2. The Morgan fingerprint density at radius 3 is 2.31 bits per heavy atom. The summed E-state index contributed by atoms with van der Waals surface area (Å²) in [5.41, 5.74) is 0.0419. The van der Waals surface area contributed by atoms with Crippen molar-refractivity contribution in [2.75, 3.05) is 13.2 Å². The molecule has 5 nitrogen and oxygen atoms in total. The van der Waals surface area contributed by atoms with Gasteiger partial charge in [-0.15, -0.1) is 0 Å². The van der Waals surface area contributed by atoms with Crippen LogP contribution in [0.15, 0.2) is 23.8 Å². The van der Waals surface area contributed by atoms with Gasteiger partial charge in [-0.1, -0.05) is 26.0 Å². The van der Waals surface area contributed by atoms with Gasteiger partial charge in [0.15, 0.2) is 0 Å². The molecule has 0 saturated carbocycles. The highest BCUT2D eigenvalue weighted by Crippen LogP contribution is 2.02. The second kappa shape index (κ2) is 7.64. The molecule has 0 spiro atoms. The van der Waals surface area contributed by atoms with Crippen molar-refractivity contribution in [3.8, 4) is 0 Å². The van der Waals surface area contributed by atoms with E-state index in [9.17, 15) is 9.59 Å². The Bertz CT molecular complexity index is 303. The maximum Gasteiger partial charge on any atom is 0.333 e. The average molecular weight is 228 g/mol. The highest BCUT2D eigenvalue weighted by Gasteiger charge is 2.09. The molecule has 0 aromatic heterocycles. The molecular weight excluding hydrogens is 212 g/mol. The Balaban J connectivity index is 4.09. The number of carboxylic acid groups (broad SMARTS) is 2. The van der Waals surface area contributed by atoms with Crippen LogP contribution in [0.4, 0.5) is 0 Å². The lowest BCUT2D eigenvalue weighted by atomic mass is 10.2. The number of rotatable bonds is 8. The minimum Gasteiger partial charge on any atom is -0.478 e. The summed E-state index contributed by atoms with van der Waals surface area (Å²) in [7, 11) is 0. The van der Waals surface area contributed by atoms with E-state index < -0.39 is 11.9 Å². The van der Waals surface area contributed by atoms with E-state index in [0.29, 0.717) is 6.42 Å². The van der Waals surface area contributed by atoms with Crippen molar-refractivity contribution in [2.24, 2.45) is 0 Å². The zero-order valence-corrected chi connectivity index (χ0v) is 9.23. The van der Waals surface area contributed by atoms with Crippen LogP contribution in [-0.4, -0.2) is 35.4 Å². The molecule has 0 aromatic carbocycles. The molecule has 0 saturated heterocycles. The van der Waals surface area contributed by atoms with Crippen LogP contribution in [0, 0.1) is 0 Å². The first-order valence-electron chi connectivity index (χ1n) is 4.90. The lowest BCUT2D eigenvalue weighted by Crippen LogP contribution is -2.12. The van der Waals surface area contributed by atoms with E-state index in [-0.39, 0.29) is 24.4 Å². The summed E-state index contributed by atoms with van der Waals surface area (Å²) in [5, 5.41) is 17.3. The summed E-state index contributed by atoms with van der Waals surface area (Å²) in [5.74, 6) is -2.19. The van der Waals surface area contributed by atoms with E-state index in [1.807, 2.05) is 6.92 Å². The van der Waals surface area contributed by atoms with Crippen LogP contribution in [0.3, 0.4) is 0 Å². The third-order valence-corrected chi connectivity index (χ3v) is 1.79. The molecule has 0 unspecified atom stereocenters. The second-order valence-corrected chi connectivity index (χ2v) is 3.22. The zero-order valence-electron chi connectivity index (χ0n) is 9.23. The maximum absolute atomic E-state index is 10.7. The minimum atomic E-state index is -1.14. The maximum atomic E-state index is 10.7. The van der Waals surface area contributed by atoms with Gasteiger partial charge in [0.1, 0.15) is 0 Å². The molecule has 2 N–H and O–H groups in total. The van der Waals surface area contributed by atoms with Gasteiger partial charge in [-0.3, -0.25) is 0 Å². The summed E-state index contributed by atoms with van der Waals surface area (Å²) in [6.45, 7) is 4.92. The molecule has 0 aromatic rings. The molecule has 0 aliphatic heterocycles. The zero-order chi connectivity index (χ0) is 12.6. The first-order valence-corrected chi connectivity index (χ1v) is 4.90. The van der Waals surface area contributed by atoms with Crippen molar-refractivity contribution >= 4 is 11.9 Å². The molecule has 0 bridgehead atoms. The first-order chi connectivity index (χ1) is 7.49. The van der Waals surface area contributed by atoms with Gasteiger partial charge in [-0.2, -0.15) is 0 Å². The van der Waals surface area contributed by atoms with Crippen molar-refractivity contribution in [1.29, 1.82) is 0 Å². The van der Waals surface area contributed by atoms with Crippen molar-refractivity contribution in [3.63, 3.8) is 0 Å². The third kappa shape index (κ3) is 5.98. The van der Waals surface area contributed by atoms with Crippen molar-refractivity contribution in [3.05, 3.63) is 23.8 Å². The molecule has 0 atom stereocenters. The van der Waals surface area contributed by atoms with Gasteiger partial charge in [-0.25, -0.2) is 9.59 Å². The van der Waals surface area contributed by atoms with Gasteiger partial charge in [0.25, 0.3) is 0 Å². The topological polar surface area (TPSA) is 83.8 Å². The summed E-state index contributed by atoms with van der Waals surface area (Å²) in [4.78, 5) is 21.1. The molecule has 0 radical (unpaired) electrons. The van der Waals surface area contributed by atoms with Gasteiger partial charge in [-0.05, 0) is 6.42 Å². The molecular formula is C11H16O5. The smallest absolute Gasteiger partial charge is 0.333 e. The number of unbranched alkanes of at least 4 members (excludes halogenated alkanes) is 1. The van der Waals surface area contributed by atoms with Crippen LogP contribution in [0.2, 0.25) is 0 Å². The van der Waals surface area contributed by atoms with E-state index >= 15 is 0 Å². The van der Waals surface area contributed by atoms with E-state index in [0.717, 1.165) is 6.42 Å². The number of aliphatic carboxylic acids is 2. The molecule has 0 amide bonds. The van der Waals surface area contributed by atoms with E-state index in [2.05, 4.69) is 6.58 Å². The van der Waals surface area contributed by atoms with Crippen LogP contribution < -0.4 is 0 Å². The first kappa shape index (κ1) is 14.4. The molecule has 90 valence electrons. The normalized spacial score (nSPS) is 11.2. The molecule has 0 aliphatic carbocycles. The number of ether oxygens (including phenoxy) is 1. The number of allylic oxidation sites excluding steroid dienone is 1. The SMILES string of the molecule is C=C(COCC(=CCCC)C(=O)O)C(=O)O. The minimum absolute atomic E-state index is 0.0970. The molecule has 0 fully saturated rings. The Kier molecular flexibility index (Phi) is 6.87. The van der Waals surface area contributed by atoms with Crippen LogP contribution in [-0.2, 0) is 14.3 Å². The van der Waals surface area contributed by atoms with Crippen molar-refractivity contribution in [2.45, 2.75) is 19.8 Å². The van der Waals surface area contributed by atoms with Crippen LogP contribution in [0.5, 0.6) is 0 Å². The van der Waals surface area contributed by atoms with Gasteiger partial charge < -0.3 is 14.9 Å². The highest BCUT2D eigenvalue weighted by molar-refractivity contribution is 5.87. The lowest BCUT2D eigenvalue weighted by Gasteiger charge is -2.04. The number of hydrogen-bond donors (Lipinski definition) is 2. The van der Waals surface area contributed by atoms with Gasteiger partial charge >= 0.3 is 11.9 Å². The average Bonchev–Trinajstić information content (AvgIpc) is 2.21. The largest absolute Gasteiger partial charge is 0.478 e. The fourth-order valence-corrected chi connectivity index (χ4v) is 0.872. The standard InChI is InChI=1S/C11H16O5/c1-3-4-5-9(11(14)15)7-16-6-8(2)10(12)13/h5H,2-4,6-7H2,1H3,(H,12,13)(H,14,15). The Morgan fingerprint density at radius 2 is 1.88 bits per heavy atom. The fraction of sp³-hybridized carbons (Fsp3) is 0.455. The van der Waals surface area contributed by atoms with E-state index in [4.69, 9.17) is 14.9 Å². The van der Waals surface area contributed by atoms with Gasteiger partial charge in [0.2, 0.25) is 0 Å². The highest BCUT2D eigenvalue weighted by atomic mass is 16.5. The third-order valence-electron chi connectivity index (χ3n) is 1.79. The van der Waals surface area contributed by atoms with E-state index in [1.54, 1.807) is 6.08 Å². The molecule has 0 aliphatic rings. The Morgan fingerprint density at radius 1 is 1.25 bits per heavy atom. The molecule has 0 heterocycles. The van der Waals surface area contributed by atoms with Gasteiger partial charge in [0, 0.05) is 0 Å². The van der Waals surface area contributed by atoms with E-state index in [1.165, 1.54) is 0 Å². The molecule has 5 heteroatoms. The summed E-state index contributed by atoms with van der Waals surface area (Å²) in [6, 6.07) is 0. The molecule has 16 heavy (non-hydrogen) atoms. The Hall–Kier alpha value is -1.62. The quantitative estimate of drug-likeness (QED) is 0.614. The summed E-state index contributed by atoms with van der Waals surface area (Å²) < 4.78 is 4.95. The predicted molar refractivity (Wildman–Crippen MR) is 58.2 cm³/mol. The number of carbonyl (C=O) groups is 2. The van der Waals surface area contributed by atoms with Crippen LogP contribution in [0.25, 0.3) is 0 Å². The number of hydrogen-bond acceptors (Lipinski definition) is 3. The fourth-order valence-electron chi connectivity index (χ4n) is 0.872. The second-order valence-electron chi connectivity index (χ2n) is 3.22. The Labute approximate surface area is 94.0 Å². The predicted octanol–water partition coefficient (Wildman–Crippen LogP) is 1.45. The van der Waals surface area contributed by atoms with Gasteiger partial charge in [0.05, 0.1) is 24.4 Å². The molecule has 0 rings (SSSR count). The van der Waals surface area contributed by atoms with Crippen LogP contribution in [0.1, 0.15) is 19.8 Å². The van der Waals surface area contributed by atoms with Crippen LogP contribution >= 0.6 is 0 Å². The van der Waals surface area contributed by atoms with Crippen molar-refractivity contribution in [1.82, 2.24) is 0 Å². The summed E-state index contributed by atoms with van der Waals surface area (Å²) in [6.07, 6.45) is 3.08.